The Morgan fingerprint density at radius 2 is 2.11 bits per heavy atom. The number of piperidine rings is 1. The van der Waals surface area contributed by atoms with Crippen LogP contribution >= 0.6 is 0 Å². The summed E-state index contributed by atoms with van der Waals surface area (Å²) in [4.78, 5) is 39.3. The molecule has 0 atom stereocenters. The lowest BCUT2D eigenvalue weighted by Gasteiger charge is -2.35. The predicted molar refractivity (Wildman–Crippen MR) is 103 cm³/mol. The first-order chi connectivity index (χ1) is 13.5. The van der Waals surface area contributed by atoms with Crippen molar-refractivity contribution in [2.75, 3.05) is 37.5 Å². The maximum atomic E-state index is 12.2. The highest BCUT2D eigenvalue weighted by atomic mass is 16.6. The summed E-state index contributed by atoms with van der Waals surface area (Å²) in [7, 11) is 3.85. The fourth-order valence-corrected chi connectivity index (χ4v) is 3.13. The van der Waals surface area contributed by atoms with Gasteiger partial charge >= 0.3 is 5.69 Å². The molecule has 2 N–H and O–H groups in total. The number of hydrazine groups is 1. The highest BCUT2D eigenvalue weighted by molar-refractivity contribution is 5.94. The van der Waals surface area contributed by atoms with Crippen molar-refractivity contribution < 1.29 is 9.72 Å². The largest absolute Gasteiger partial charge is 0.355 e. The quantitative estimate of drug-likeness (QED) is 0.553. The summed E-state index contributed by atoms with van der Waals surface area (Å²) >= 11 is 0. The third-order valence-electron chi connectivity index (χ3n) is 4.77. The van der Waals surface area contributed by atoms with E-state index in [9.17, 15) is 14.9 Å². The Labute approximate surface area is 161 Å². The molecule has 0 bridgehead atoms. The second-order valence-electron chi connectivity index (χ2n) is 6.62. The summed E-state index contributed by atoms with van der Waals surface area (Å²) in [5.74, 6) is -0.342. The smallest absolute Gasteiger partial charge is 0.351 e. The SMILES string of the molecule is CN1CCC(N(C)c2ncnc(NNC(=O)c3cccnc3)c2[N+](=O)[O-])CC1. The highest BCUT2D eigenvalue weighted by Crippen LogP contribution is 2.33. The van der Waals surface area contributed by atoms with E-state index in [0.29, 0.717) is 5.56 Å². The van der Waals surface area contributed by atoms with Crippen LogP contribution in [0.25, 0.3) is 0 Å². The molecule has 1 amide bonds. The third kappa shape index (κ3) is 4.31. The molecule has 1 aliphatic rings. The van der Waals surface area contributed by atoms with Gasteiger partial charge in [0.05, 0.1) is 10.5 Å². The Morgan fingerprint density at radius 3 is 2.75 bits per heavy atom. The average Bonchev–Trinajstić information content (AvgIpc) is 2.72. The standard InChI is InChI=1S/C17H22N8O3/c1-23-8-5-13(6-9-23)24(2)16-14(25(27)28)15(19-11-20-16)21-22-17(26)12-4-3-7-18-10-12/h3-4,7,10-11,13H,5-6,8-9H2,1-2H3,(H,22,26)(H,19,20,21). The molecule has 3 rings (SSSR count). The van der Waals surface area contributed by atoms with Crippen molar-refractivity contribution in [3.05, 3.63) is 46.5 Å². The maximum Gasteiger partial charge on any atom is 0.355 e. The zero-order valence-corrected chi connectivity index (χ0v) is 15.7. The number of nitrogens with zero attached hydrogens (tertiary/aromatic N) is 6. The van der Waals surface area contributed by atoms with Crippen LogP contribution in [0.2, 0.25) is 0 Å². The fraction of sp³-hybridized carbons (Fsp3) is 0.412. The zero-order chi connectivity index (χ0) is 20.1. The van der Waals surface area contributed by atoms with Crippen LogP contribution in [0.4, 0.5) is 17.3 Å². The lowest BCUT2D eigenvalue weighted by molar-refractivity contribution is -0.383. The number of nitrogens with one attached hydrogen (secondary N) is 2. The van der Waals surface area contributed by atoms with Gasteiger partial charge in [-0.2, -0.15) is 0 Å². The molecule has 3 heterocycles. The van der Waals surface area contributed by atoms with E-state index in [-0.39, 0.29) is 23.4 Å². The number of pyridine rings is 1. The number of anilines is 2. The number of likely N-dealkylation sites (tertiary alicyclic amines) is 1. The Balaban J connectivity index is 1.79. The molecular weight excluding hydrogens is 364 g/mol. The molecule has 2 aromatic heterocycles. The first-order valence-corrected chi connectivity index (χ1v) is 8.84. The molecule has 1 saturated heterocycles. The van der Waals surface area contributed by atoms with Crippen molar-refractivity contribution in [2.45, 2.75) is 18.9 Å². The van der Waals surface area contributed by atoms with Crippen LogP contribution in [0.5, 0.6) is 0 Å². The van der Waals surface area contributed by atoms with E-state index in [1.807, 2.05) is 4.90 Å². The minimum Gasteiger partial charge on any atom is -0.351 e. The van der Waals surface area contributed by atoms with E-state index in [0.717, 1.165) is 25.9 Å². The lowest BCUT2D eigenvalue weighted by atomic mass is 10.0. The summed E-state index contributed by atoms with van der Waals surface area (Å²) in [6.45, 7) is 1.83. The van der Waals surface area contributed by atoms with Crippen LogP contribution in [-0.4, -0.2) is 63.9 Å². The van der Waals surface area contributed by atoms with Crippen molar-refractivity contribution in [1.29, 1.82) is 0 Å². The van der Waals surface area contributed by atoms with Crippen molar-refractivity contribution in [1.82, 2.24) is 25.3 Å². The van der Waals surface area contributed by atoms with Crippen LogP contribution in [-0.2, 0) is 0 Å². The summed E-state index contributed by atoms with van der Waals surface area (Å²) in [5.41, 5.74) is 4.99. The molecule has 0 spiro atoms. The van der Waals surface area contributed by atoms with Gasteiger partial charge in [0.25, 0.3) is 5.91 Å². The Bertz CT molecular complexity index is 840. The summed E-state index contributed by atoms with van der Waals surface area (Å²) in [6.07, 6.45) is 5.95. The molecular formula is C17H22N8O3. The highest BCUT2D eigenvalue weighted by Gasteiger charge is 2.30. The first-order valence-electron chi connectivity index (χ1n) is 8.84. The van der Waals surface area contributed by atoms with Gasteiger partial charge in [-0.3, -0.25) is 30.7 Å². The van der Waals surface area contributed by atoms with Gasteiger partial charge in [-0.05, 0) is 45.1 Å². The molecule has 0 saturated carbocycles. The number of hydrogen-bond donors (Lipinski definition) is 2. The molecule has 2 aromatic rings. The van der Waals surface area contributed by atoms with Gasteiger partial charge in [0.2, 0.25) is 11.6 Å². The number of hydrogen-bond acceptors (Lipinski definition) is 9. The van der Waals surface area contributed by atoms with E-state index in [2.05, 4.69) is 37.8 Å². The fourth-order valence-electron chi connectivity index (χ4n) is 3.13. The van der Waals surface area contributed by atoms with Crippen LogP contribution in [0.3, 0.4) is 0 Å². The third-order valence-corrected chi connectivity index (χ3v) is 4.77. The molecule has 11 nitrogen and oxygen atoms in total. The van der Waals surface area contributed by atoms with Gasteiger partial charge in [0.1, 0.15) is 6.33 Å². The van der Waals surface area contributed by atoms with Crippen LogP contribution < -0.4 is 15.8 Å². The van der Waals surface area contributed by atoms with Crippen molar-refractivity contribution >= 4 is 23.2 Å². The van der Waals surface area contributed by atoms with Gasteiger partial charge in [-0.1, -0.05) is 0 Å². The number of nitro groups is 1. The lowest BCUT2D eigenvalue weighted by Crippen LogP contribution is -2.42. The zero-order valence-electron chi connectivity index (χ0n) is 15.7. The number of rotatable bonds is 6. The molecule has 1 aliphatic heterocycles. The molecule has 28 heavy (non-hydrogen) atoms. The normalized spacial score (nSPS) is 15.1. The first kappa shape index (κ1) is 19.4. The van der Waals surface area contributed by atoms with Gasteiger partial charge in [-0.15, -0.1) is 0 Å². The minimum atomic E-state index is -0.542. The average molecular weight is 386 g/mol. The van der Waals surface area contributed by atoms with Crippen molar-refractivity contribution in [3.8, 4) is 0 Å². The molecule has 1 fully saturated rings. The van der Waals surface area contributed by atoms with E-state index in [4.69, 9.17) is 0 Å². The second-order valence-corrected chi connectivity index (χ2v) is 6.62. The summed E-state index contributed by atoms with van der Waals surface area (Å²) < 4.78 is 0. The van der Waals surface area contributed by atoms with Gasteiger partial charge < -0.3 is 9.80 Å². The second kappa shape index (κ2) is 8.57. The number of aromatic nitrogens is 3. The van der Waals surface area contributed by atoms with Crippen LogP contribution in [0, 0.1) is 10.1 Å². The van der Waals surface area contributed by atoms with Crippen molar-refractivity contribution in [2.24, 2.45) is 0 Å². The summed E-state index contributed by atoms with van der Waals surface area (Å²) in [6, 6.07) is 3.34. The number of carbonyl (C=O) groups excluding carboxylic acids is 1. The predicted octanol–water partition coefficient (Wildman–Crippen LogP) is 1.07. The Morgan fingerprint density at radius 1 is 1.36 bits per heavy atom. The van der Waals surface area contributed by atoms with Gasteiger partial charge in [0, 0.05) is 25.5 Å². The molecule has 148 valence electrons. The maximum absolute atomic E-state index is 12.2. The monoisotopic (exact) mass is 386 g/mol. The number of amides is 1. The Hall–Kier alpha value is -3.34. The number of carbonyl (C=O) groups is 1. The minimum absolute atomic E-state index is 0.0768. The molecule has 0 unspecified atom stereocenters. The van der Waals surface area contributed by atoms with Crippen molar-refractivity contribution in [3.63, 3.8) is 0 Å². The van der Waals surface area contributed by atoms with Crippen LogP contribution in [0.15, 0.2) is 30.9 Å². The van der Waals surface area contributed by atoms with Gasteiger partial charge in [0.15, 0.2) is 0 Å². The van der Waals surface area contributed by atoms with E-state index >= 15 is 0 Å². The van der Waals surface area contributed by atoms with Crippen LogP contribution in [0.1, 0.15) is 23.2 Å². The van der Waals surface area contributed by atoms with E-state index < -0.39 is 10.8 Å². The molecule has 0 aromatic carbocycles. The topological polar surface area (TPSA) is 129 Å². The summed E-state index contributed by atoms with van der Waals surface area (Å²) in [5, 5.41) is 11.7. The van der Waals surface area contributed by atoms with Gasteiger partial charge in [-0.25, -0.2) is 9.97 Å². The molecule has 0 aliphatic carbocycles. The molecule has 0 radical (unpaired) electrons. The molecule has 11 heteroatoms. The van der Waals surface area contributed by atoms with E-state index in [1.165, 1.54) is 12.5 Å². The Kier molecular flexibility index (Phi) is 5.94. The van der Waals surface area contributed by atoms with E-state index in [1.54, 1.807) is 25.4 Å².